The van der Waals surface area contributed by atoms with Gasteiger partial charge in [-0.15, -0.1) is 0 Å². The molecule has 10 heteroatoms. The van der Waals surface area contributed by atoms with Crippen LogP contribution >= 0.6 is 0 Å². The standard InChI is InChI=1S/C14H17F4N3O3/c15-12(16)23-10-2-1-9(6-10)21-14(22)20-7-8-3-4-19-11(5-8)24-13(17)18/h3-5,9-10,12-13H,1-2,6-7H2,(H2,20,21,22). The molecule has 2 amide bonds. The van der Waals surface area contributed by atoms with Gasteiger partial charge in [-0.2, -0.15) is 17.6 Å². The lowest BCUT2D eigenvalue weighted by Crippen LogP contribution is -2.41. The molecular formula is C14H17F4N3O3. The van der Waals surface area contributed by atoms with Gasteiger partial charge in [0.2, 0.25) is 5.88 Å². The number of carbonyl (C=O) groups is 1. The van der Waals surface area contributed by atoms with E-state index in [1.165, 1.54) is 12.3 Å². The van der Waals surface area contributed by atoms with Gasteiger partial charge in [0.25, 0.3) is 0 Å². The van der Waals surface area contributed by atoms with E-state index >= 15 is 0 Å². The van der Waals surface area contributed by atoms with Gasteiger partial charge < -0.3 is 20.1 Å². The molecule has 1 aliphatic carbocycles. The van der Waals surface area contributed by atoms with Crippen LogP contribution in [-0.4, -0.2) is 36.4 Å². The van der Waals surface area contributed by atoms with Gasteiger partial charge in [-0.05, 0) is 30.9 Å². The summed E-state index contributed by atoms with van der Waals surface area (Å²) in [6, 6.07) is 2.10. The summed E-state index contributed by atoms with van der Waals surface area (Å²) in [6.45, 7) is -5.72. The third-order valence-electron chi connectivity index (χ3n) is 3.48. The highest BCUT2D eigenvalue weighted by Crippen LogP contribution is 2.23. The Morgan fingerprint density at radius 2 is 2.08 bits per heavy atom. The number of aromatic nitrogens is 1. The maximum Gasteiger partial charge on any atom is 0.388 e. The first-order chi connectivity index (χ1) is 11.4. The van der Waals surface area contributed by atoms with Crippen LogP contribution in [0, 0.1) is 0 Å². The van der Waals surface area contributed by atoms with Gasteiger partial charge in [-0.3, -0.25) is 0 Å². The van der Waals surface area contributed by atoms with Crippen molar-refractivity contribution in [2.45, 2.75) is 51.2 Å². The lowest BCUT2D eigenvalue weighted by molar-refractivity contribution is -0.160. The molecule has 1 aliphatic rings. The summed E-state index contributed by atoms with van der Waals surface area (Å²) in [7, 11) is 0. The van der Waals surface area contributed by atoms with E-state index in [9.17, 15) is 22.4 Å². The number of urea groups is 1. The minimum absolute atomic E-state index is 0.0810. The monoisotopic (exact) mass is 351 g/mol. The topological polar surface area (TPSA) is 72.5 Å². The second-order valence-corrected chi connectivity index (χ2v) is 5.24. The Kier molecular flexibility index (Phi) is 6.59. The fourth-order valence-electron chi connectivity index (χ4n) is 2.48. The minimum atomic E-state index is -2.98. The summed E-state index contributed by atoms with van der Waals surface area (Å²) in [6.07, 6.45) is 2.04. The van der Waals surface area contributed by atoms with E-state index in [0.29, 0.717) is 24.8 Å². The largest absolute Gasteiger partial charge is 0.417 e. The first-order valence-corrected chi connectivity index (χ1v) is 7.30. The van der Waals surface area contributed by atoms with E-state index in [2.05, 4.69) is 25.1 Å². The predicted molar refractivity (Wildman–Crippen MR) is 74.8 cm³/mol. The van der Waals surface area contributed by atoms with Gasteiger partial charge in [0.05, 0.1) is 6.10 Å². The first kappa shape index (κ1) is 18.2. The predicted octanol–water partition coefficient (Wildman–Crippen LogP) is 2.64. The van der Waals surface area contributed by atoms with Crippen molar-refractivity contribution in [2.24, 2.45) is 0 Å². The van der Waals surface area contributed by atoms with Crippen molar-refractivity contribution in [1.82, 2.24) is 15.6 Å². The van der Waals surface area contributed by atoms with Crippen LogP contribution in [0.2, 0.25) is 0 Å². The third kappa shape index (κ3) is 6.19. The van der Waals surface area contributed by atoms with Gasteiger partial charge in [-0.1, -0.05) is 0 Å². The van der Waals surface area contributed by atoms with Crippen molar-refractivity contribution in [2.75, 3.05) is 0 Å². The summed E-state index contributed by atoms with van der Waals surface area (Å²) in [5.74, 6) is -0.243. The molecule has 0 aromatic carbocycles. The van der Waals surface area contributed by atoms with Crippen LogP contribution in [0.15, 0.2) is 18.3 Å². The van der Waals surface area contributed by atoms with Gasteiger partial charge in [0, 0.05) is 24.8 Å². The van der Waals surface area contributed by atoms with E-state index in [0.717, 1.165) is 0 Å². The van der Waals surface area contributed by atoms with Crippen molar-refractivity contribution in [3.63, 3.8) is 0 Å². The summed E-state index contributed by atoms with van der Waals surface area (Å²) < 4.78 is 57.0. The van der Waals surface area contributed by atoms with E-state index < -0.39 is 25.4 Å². The first-order valence-electron chi connectivity index (χ1n) is 7.30. The number of ether oxygens (including phenoxy) is 2. The number of rotatable bonds is 7. The molecule has 134 valence electrons. The molecule has 0 aliphatic heterocycles. The number of pyridine rings is 1. The van der Waals surface area contributed by atoms with Crippen LogP contribution in [0.5, 0.6) is 5.88 Å². The normalized spacial score (nSPS) is 20.4. The molecule has 1 heterocycles. The summed E-state index contributed by atoms with van der Waals surface area (Å²) in [5, 5.41) is 5.21. The number of carbonyl (C=O) groups excluding carboxylic acids is 1. The summed E-state index contributed by atoms with van der Waals surface area (Å²) >= 11 is 0. The number of hydrogen-bond donors (Lipinski definition) is 2. The van der Waals surface area contributed by atoms with Crippen molar-refractivity contribution in [3.05, 3.63) is 23.9 Å². The number of nitrogens with zero attached hydrogens (tertiary/aromatic N) is 1. The van der Waals surface area contributed by atoms with Crippen LogP contribution in [0.1, 0.15) is 24.8 Å². The molecular weight excluding hydrogens is 334 g/mol. The van der Waals surface area contributed by atoms with Crippen LogP contribution in [0.25, 0.3) is 0 Å². The fraction of sp³-hybridized carbons (Fsp3) is 0.571. The zero-order valence-corrected chi connectivity index (χ0v) is 12.6. The molecule has 2 rings (SSSR count). The highest BCUT2D eigenvalue weighted by Gasteiger charge is 2.28. The van der Waals surface area contributed by atoms with Gasteiger partial charge in [-0.25, -0.2) is 9.78 Å². The molecule has 1 fully saturated rings. The van der Waals surface area contributed by atoms with E-state index in [1.54, 1.807) is 6.07 Å². The number of halogens is 4. The van der Waals surface area contributed by atoms with Gasteiger partial charge >= 0.3 is 19.3 Å². The Hall–Kier alpha value is -2.10. The Morgan fingerprint density at radius 1 is 1.29 bits per heavy atom. The Labute approximate surface area is 135 Å². The molecule has 0 bridgehead atoms. The average Bonchev–Trinajstić information content (AvgIpc) is 2.91. The SMILES string of the molecule is O=C(NCc1ccnc(OC(F)F)c1)NC1CCC(OC(F)F)C1. The zero-order valence-electron chi connectivity index (χ0n) is 12.6. The maximum atomic E-state index is 12.1. The number of nitrogens with one attached hydrogen (secondary N) is 2. The molecule has 6 nitrogen and oxygen atoms in total. The van der Waals surface area contributed by atoms with Crippen LogP contribution in [0.3, 0.4) is 0 Å². The summed E-state index contributed by atoms with van der Waals surface area (Å²) in [4.78, 5) is 15.4. The fourth-order valence-corrected chi connectivity index (χ4v) is 2.48. The minimum Gasteiger partial charge on any atom is -0.417 e. The molecule has 0 radical (unpaired) electrons. The molecule has 2 N–H and O–H groups in total. The maximum absolute atomic E-state index is 12.1. The Balaban J connectivity index is 1.74. The second-order valence-electron chi connectivity index (χ2n) is 5.24. The Bertz CT molecular complexity index is 548. The molecule has 0 saturated heterocycles. The highest BCUT2D eigenvalue weighted by atomic mass is 19.3. The number of amides is 2. The molecule has 1 saturated carbocycles. The molecule has 1 aromatic rings. The smallest absolute Gasteiger partial charge is 0.388 e. The van der Waals surface area contributed by atoms with Gasteiger partial charge in [0.1, 0.15) is 0 Å². The molecule has 0 spiro atoms. The lowest BCUT2D eigenvalue weighted by Gasteiger charge is -2.14. The van der Waals surface area contributed by atoms with E-state index in [-0.39, 0.29) is 18.5 Å². The van der Waals surface area contributed by atoms with E-state index in [4.69, 9.17) is 0 Å². The van der Waals surface area contributed by atoms with Crippen molar-refractivity contribution in [3.8, 4) is 5.88 Å². The van der Waals surface area contributed by atoms with Crippen LogP contribution in [-0.2, 0) is 11.3 Å². The number of alkyl halides is 4. The molecule has 2 atom stereocenters. The van der Waals surface area contributed by atoms with Crippen molar-refractivity contribution in [1.29, 1.82) is 0 Å². The van der Waals surface area contributed by atoms with Crippen LogP contribution < -0.4 is 15.4 Å². The summed E-state index contributed by atoms with van der Waals surface area (Å²) in [5.41, 5.74) is 0.529. The molecule has 1 aromatic heterocycles. The average molecular weight is 351 g/mol. The lowest BCUT2D eigenvalue weighted by atomic mass is 10.2. The van der Waals surface area contributed by atoms with Crippen molar-refractivity contribution < 1.29 is 31.8 Å². The highest BCUT2D eigenvalue weighted by molar-refractivity contribution is 5.74. The zero-order chi connectivity index (χ0) is 17.5. The molecule has 2 unspecified atom stereocenters. The second kappa shape index (κ2) is 8.67. The number of hydrogen-bond acceptors (Lipinski definition) is 4. The third-order valence-corrected chi connectivity index (χ3v) is 3.48. The molecule has 24 heavy (non-hydrogen) atoms. The van der Waals surface area contributed by atoms with Crippen LogP contribution in [0.4, 0.5) is 22.4 Å². The van der Waals surface area contributed by atoms with Crippen molar-refractivity contribution >= 4 is 6.03 Å². The Morgan fingerprint density at radius 3 is 2.79 bits per heavy atom. The van der Waals surface area contributed by atoms with Gasteiger partial charge in [0.15, 0.2) is 0 Å². The quantitative estimate of drug-likeness (QED) is 0.741. The van der Waals surface area contributed by atoms with E-state index in [1.807, 2.05) is 0 Å².